The fourth-order valence-corrected chi connectivity index (χ4v) is 2.39. The third-order valence-electron chi connectivity index (χ3n) is 3.44. The van der Waals surface area contributed by atoms with Crippen LogP contribution in [0.4, 0.5) is 0 Å². The van der Waals surface area contributed by atoms with Crippen LogP contribution >= 0.6 is 0 Å². The second-order valence-electron chi connectivity index (χ2n) is 8.41. The SMILES string of the molecule is CC(C)(C)Oc1ccc(B(O)OB(O)c2ccc(OC(C)(C)C)cc2)cc1. The molecule has 2 aromatic rings. The quantitative estimate of drug-likeness (QED) is 0.763. The summed E-state index contributed by atoms with van der Waals surface area (Å²) in [4.78, 5) is 0. The van der Waals surface area contributed by atoms with E-state index in [0.29, 0.717) is 22.4 Å². The molecule has 0 spiro atoms. The summed E-state index contributed by atoms with van der Waals surface area (Å²) in [7, 11) is -2.51. The first kappa shape index (κ1) is 21.4. The molecule has 0 saturated carbocycles. The molecule has 0 amide bonds. The van der Waals surface area contributed by atoms with Gasteiger partial charge >= 0.3 is 14.2 Å². The zero-order chi connectivity index (χ0) is 20.2. The van der Waals surface area contributed by atoms with Gasteiger partial charge in [-0.3, -0.25) is 0 Å². The number of rotatable bonds is 6. The maximum absolute atomic E-state index is 10.2. The molecule has 0 aromatic heterocycles. The molecule has 2 aromatic carbocycles. The fourth-order valence-electron chi connectivity index (χ4n) is 2.39. The molecule has 27 heavy (non-hydrogen) atoms. The largest absolute Gasteiger partial charge is 0.488 e. The van der Waals surface area contributed by atoms with Gasteiger partial charge in [0.05, 0.1) is 0 Å². The molecule has 0 heterocycles. The first-order chi connectivity index (χ1) is 12.4. The topological polar surface area (TPSA) is 68.2 Å². The Kier molecular flexibility index (Phi) is 6.63. The second-order valence-corrected chi connectivity index (χ2v) is 8.41. The first-order valence-corrected chi connectivity index (χ1v) is 9.02. The third kappa shape index (κ3) is 7.29. The van der Waals surface area contributed by atoms with E-state index < -0.39 is 14.2 Å². The van der Waals surface area contributed by atoms with Gasteiger partial charge < -0.3 is 24.1 Å². The monoisotopic (exact) mass is 370 g/mol. The van der Waals surface area contributed by atoms with Gasteiger partial charge in [0.25, 0.3) is 0 Å². The van der Waals surface area contributed by atoms with Gasteiger partial charge in [-0.2, -0.15) is 0 Å². The summed E-state index contributed by atoms with van der Waals surface area (Å²) in [6.07, 6.45) is 0. The highest BCUT2D eigenvalue weighted by Crippen LogP contribution is 2.17. The third-order valence-corrected chi connectivity index (χ3v) is 3.44. The molecule has 0 aliphatic carbocycles. The Morgan fingerprint density at radius 1 is 0.593 bits per heavy atom. The molecule has 0 bridgehead atoms. The number of ether oxygens (including phenoxy) is 2. The van der Waals surface area contributed by atoms with E-state index in [1.165, 1.54) is 0 Å². The zero-order valence-electron chi connectivity index (χ0n) is 16.9. The van der Waals surface area contributed by atoms with E-state index in [0.717, 1.165) is 0 Å². The molecule has 5 nitrogen and oxygen atoms in total. The van der Waals surface area contributed by atoms with Gasteiger partial charge in [-0.25, -0.2) is 0 Å². The van der Waals surface area contributed by atoms with Crippen molar-refractivity contribution in [3.63, 3.8) is 0 Å². The van der Waals surface area contributed by atoms with Gasteiger partial charge in [-0.1, -0.05) is 24.3 Å². The molecule has 2 N–H and O–H groups in total. The Bertz CT molecular complexity index is 655. The van der Waals surface area contributed by atoms with Gasteiger partial charge in [0.2, 0.25) is 0 Å². The highest BCUT2D eigenvalue weighted by atomic mass is 16.5. The van der Waals surface area contributed by atoms with Gasteiger partial charge in [-0.05, 0) is 76.7 Å². The molecule has 7 heteroatoms. The molecule has 0 fully saturated rings. The Labute approximate surface area is 162 Å². The molecule has 0 radical (unpaired) electrons. The molecule has 0 aliphatic rings. The van der Waals surface area contributed by atoms with Crippen LogP contribution in [0, 0.1) is 0 Å². The lowest BCUT2D eigenvalue weighted by molar-refractivity contribution is 0.130. The minimum absolute atomic E-state index is 0.296. The summed E-state index contributed by atoms with van der Waals surface area (Å²) in [5.74, 6) is 1.40. The van der Waals surface area contributed by atoms with E-state index in [4.69, 9.17) is 14.0 Å². The van der Waals surface area contributed by atoms with E-state index in [1.807, 2.05) is 41.5 Å². The van der Waals surface area contributed by atoms with Crippen molar-refractivity contribution in [3.05, 3.63) is 48.5 Å². The minimum atomic E-state index is -1.26. The van der Waals surface area contributed by atoms with Crippen molar-refractivity contribution in [2.24, 2.45) is 0 Å². The van der Waals surface area contributed by atoms with Crippen molar-refractivity contribution < 1.29 is 24.1 Å². The zero-order valence-corrected chi connectivity index (χ0v) is 16.9. The lowest BCUT2D eigenvalue weighted by Crippen LogP contribution is -2.45. The van der Waals surface area contributed by atoms with Crippen molar-refractivity contribution in [1.29, 1.82) is 0 Å². The summed E-state index contributed by atoms with van der Waals surface area (Å²) in [5, 5.41) is 20.5. The van der Waals surface area contributed by atoms with Crippen molar-refractivity contribution >= 4 is 25.2 Å². The normalized spacial score (nSPS) is 11.9. The van der Waals surface area contributed by atoms with Gasteiger partial charge in [0, 0.05) is 0 Å². The molecule has 144 valence electrons. The smallest absolute Gasteiger partial charge is 0.477 e. The Balaban J connectivity index is 1.97. The van der Waals surface area contributed by atoms with Gasteiger partial charge in [0.15, 0.2) is 0 Å². The van der Waals surface area contributed by atoms with E-state index in [-0.39, 0.29) is 11.2 Å². The lowest BCUT2D eigenvalue weighted by atomic mass is 9.71. The Morgan fingerprint density at radius 3 is 1.15 bits per heavy atom. The highest BCUT2D eigenvalue weighted by Gasteiger charge is 2.26. The van der Waals surface area contributed by atoms with E-state index in [2.05, 4.69) is 0 Å². The molecule has 2 rings (SSSR count). The van der Waals surface area contributed by atoms with Crippen LogP contribution in [0.1, 0.15) is 41.5 Å². The van der Waals surface area contributed by atoms with Crippen LogP contribution < -0.4 is 20.4 Å². The average molecular weight is 370 g/mol. The van der Waals surface area contributed by atoms with E-state index >= 15 is 0 Å². The van der Waals surface area contributed by atoms with Crippen molar-refractivity contribution in [2.75, 3.05) is 0 Å². The summed E-state index contributed by atoms with van der Waals surface area (Å²) in [6, 6.07) is 13.9. The van der Waals surface area contributed by atoms with Crippen LogP contribution in [0.3, 0.4) is 0 Å². The molecular formula is C20H28B2O5. The van der Waals surface area contributed by atoms with Crippen LogP contribution in [-0.4, -0.2) is 35.5 Å². The number of hydrogen-bond donors (Lipinski definition) is 2. The Morgan fingerprint density at radius 2 is 0.889 bits per heavy atom. The van der Waals surface area contributed by atoms with Crippen LogP contribution in [0.2, 0.25) is 0 Å². The van der Waals surface area contributed by atoms with E-state index in [1.54, 1.807) is 48.5 Å². The fraction of sp³-hybridized carbons (Fsp3) is 0.400. The van der Waals surface area contributed by atoms with Gasteiger partial charge in [-0.15, -0.1) is 0 Å². The van der Waals surface area contributed by atoms with E-state index in [9.17, 15) is 10.0 Å². The first-order valence-electron chi connectivity index (χ1n) is 9.02. The lowest BCUT2D eigenvalue weighted by Gasteiger charge is -2.21. The summed E-state index contributed by atoms with van der Waals surface area (Å²) >= 11 is 0. The highest BCUT2D eigenvalue weighted by molar-refractivity contribution is 6.73. The maximum atomic E-state index is 10.2. The predicted octanol–water partition coefficient (Wildman–Crippen LogP) is 2.13. The predicted molar refractivity (Wildman–Crippen MR) is 110 cm³/mol. The van der Waals surface area contributed by atoms with Crippen molar-refractivity contribution in [1.82, 2.24) is 0 Å². The Hall–Kier alpha value is -1.95. The van der Waals surface area contributed by atoms with Crippen molar-refractivity contribution in [3.8, 4) is 11.5 Å². The van der Waals surface area contributed by atoms with Crippen LogP contribution in [0.15, 0.2) is 48.5 Å². The molecule has 0 aliphatic heterocycles. The van der Waals surface area contributed by atoms with Crippen molar-refractivity contribution in [2.45, 2.75) is 52.7 Å². The number of benzene rings is 2. The molecule has 0 saturated heterocycles. The van der Waals surface area contributed by atoms with Crippen LogP contribution in [0.5, 0.6) is 11.5 Å². The molecule has 0 unspecified atom stereocenters. The summed E-state index contributed by atoms with van der Waals surface area (Å²) in [5.41, 5.74) is 0.469. The van der Waals surface area contributed by atoms with Crippen LogP contribution in [-0.2, 0) is 4.57 Å². The number of hydrogen-bond acceptors (Lipinski definition) is 5. The van der Waals surface area contributed by atoms with Crippen LogP contribution in [0.25, 0.3) is 0 Å². The second kappa shape index (κ2) is 8.38. The molecular weight excluding hydrogens is 342 g/mol. The average Bonchev–Trinajstić information content (AvgIpc) is 2.53. The standard InChI is InChI=1S/C20H28B2O5/c1-19(2,3)25-17-11-7-15(8-12-17)21(23)27-22(24)16-9-13-18(14-10-16)26-20(4,5)6/h7-14,23-24H,1-6H3. The minimum Gasteiger partial charge on any atom is -0.488 e. The summed E-state index contributed by atoms with van der Waals surface area (Å²) in [6.45, 7) is 11.8. The van der Waals surface area contributed by atoms with Gasteiger partial charge in [0.1, 0.15) is 22.7 Å². The summed E-state index contributed by atoms with van der Waals surface area (Å²) < 4.78 is 16.8. The molecule has 0 atom stereocenters. The maximum Gasteiger partial charge on any atom is 0.477 e.